The minimum absolute atomic E-state index is 0.230. The Morgan fingerprint density at radius 1 is 0.750 bits per heavy atom. The van der Waals surface area contributed by atoms with Crippen LogP contribution in [0.5, 0.6) is 0 Å². The molecule has 0 heterocycles. The summed E-state index contributed by atoms with van der Waals surface area (Å²) in [7, 11) is 1.72. The van der Waals surface area contributed by atoms with Crippen molar-refractivity contribution in [3.63, 3.8) is 0 Å². The van der Waals surface area contributed by atoms with Crippen molar-refractivity contribution in [2.45, 2.75) is 120 Å². The van der Waals surface area contributed by atoms with E-state index >= 15 is 0 Å². The fourth-order valence-electron chi connectivity index (χ4n) is 5.74. The largest absolute Gasteiger partial charge is 0.500 e. The Bertz CT molecular complexity index is 1300. The molecule has 1 aromatic rings. The lowest BCUT2D eigenvalue weighted by atomic mass is 9.71. The molecule has 0 fully saturated rings. The van der Waals surface area contributed by atoms with E-state index in [1.54, 1.807) is 74.1 Å². The van der Waals surface area contributed by atoms with Gasteiger partial charge in [-0.3, -0.25) is 19.2 Å². The van der Waals surface area contributed by atoms with Gasteiger partial charge in [0.2, 0.25) is 5.91 Å². The molecule has 52 heavy (non-hydrogen) atoms. The molecule has 0 aliphatic carbocycles. The lowest BCUT2D eigenvalue weighted by molar-refractivity contribution is -0.170. The molecule has 0 saturated carbocycles. The number of carbonyl (C=O) groups excluding carboxylic acids is 4. The van der Waals surface area contributed by atoms with E-state index in [-0.39, 0.29) is 30.4 Å². The zero-order valence-electron chi connectivity index (χ0n) is 34.3. The van der Waals surface area contributed by atoms with Gasteiger partial charge in [-0.25, -0.2) is 0 Å². The van der Waals surface area contributed by atoms with Crippen molar-refractivity contribution < 1.29 is 56.7 Å². The first-order valence-electron chi connectivity index (χ1n) is 17.7. The van der Waals surface area contributed by atoms with Crippen molar-refractivity contribution in [1.82, 2.24) is 0 Å². The second-order valence-corrected chi connectivity index (χ2v) is 19.0. The van der Waals surface area contributed by atoms with Gasteiger partial charge < -0.3 is 42.9 Å². The number of rotatable bonds is 19. The SMILES string of the molecule is CCC(C)(CC(C)(C)C(=O)OC(C)(C)C)C(=O)OCCC[Si](OC)(OC)OC.CCC(C)(CC(C)(C)C(=O)OC)C(=O)Nc1cccc(B(O)O)c1. The summed E-state index contributed by atoms with van der Waals surface area (Å²) in [5.74, 6) is -1.22. The molecule has 2 atom stereocenters. The zero-order valence-corrected chi connectivity index (χ0v) is 35.3. The highest BCUT2D eigenvalue weighted by Crippen LogP contribution is 2.40. The third kappa shape index (κ3) is 15.3. The summed E-state index contributed by atoms with van der Waals surface area (Å²) in [4.78, 5) is 50.0. The number of nitrogens with one attached hydrogen (secondary N) is 1. The molecule has 1 aromatic carbocycles. The molecule has 13 nitrogen and oxygen atoms in total. The Morgan fingerprint density at radius 3 is 1.69 bits per heavy atom. The molecule has 3 N–H and O–H groups in total. The Hall–Kier alpha value is -2.82. The van der Waals surface area contributed by atoms with Crippen molar-refractivity contribution in [3.05, 3.63) is 24.3 Å². The van der Waals surface area contributed by atoms with E-state index in [9.17, 15) is 29.2 Å². The van der Waals surface area contributed by atoms with Crippen molar-refractivity contribution in [3.8, 4) is 0 Å². The van der Waals surface area contributed by atoms with Gasteiger partial charge in [0.25, 0.3) is 0 Å². The van der Waals surface area contributed by atoms with Crippen LogP contribution in [0.4, 0.5) is 5.69 Å². The molecular weight excluding hydrogens is 689 g/mol. The number of amides is 1. The minimum atomic E-state index is -2.67. The maximum absolute atomic E-state index is 12.8. The number of benzene rings is 1. The van der Waals surface area contributed by atoms with E-state index in [0.29, 0.717) is 49.3 Å². The predicted molar refractivity (Wildman–Crippen MR) is 204 cm³/mol. The van der Waals surface area contributed by atoms with Gasteiger partial charge in [0.1, 0.15) is 5.60 Å². The average Bonchev–Trinajstić information content (AvgIpc) is 3.07. The molecule has 0 radical (unpaired) electrons. The van der Waals surface area contributed by atoms with Gasteiger partial charge in [-0.05, 0) is 105 Å². The zero-order chi connectivity index (χ0) is 40.8. The van der Waals surface area contributed by atoms with Gasteiger partial charge in [-0.2, -0.15) is 0 Å². The first kappa shape index (κ1) is 49.2. The summed E-state index contributed by atoms with van der Waals surface area (Å²) < 4.78 is 32.0. The Kier molecular flexibility index (Phi) is 19.5. The highest BCUT2D eigenvalue weighted by Gasteiger charge is 2.44. The number of methoxy groups -OCH3 is 1. The second-order valence-electron chi connectivity index (χ2n) is 15.9. The normalized spacial score (nSPS) is 14.5. The number of hydrogen-bond donors (Lipinski definition) is 3. The molecule has 0 aromatic heterocycles. The highest BCUT2D eigenvalue weighted by molar-refractivity contribution is 6.60. The van der Waals surface area contributed by atoms with E-state index in [1.807, 2.05) is 41.5 Å². The highest BCUT2D eigenvalue weighted by atomic mass is 28.4. The second kappa shape index (κ2) is 20.6. The summed E-state index contributed by atoms with van der Waals surface area (Å²) in [6.07, 6.45) is 2.35. The van der Waals surface area contributed by atoms with Gasteiger partial charge in [0.05, 0.1) is 30.0 Å². The lowest BCUT2D eigenvalue weighted by Crippen LogP contribution is -2.43. The summed E-state index contributed by atoms with van der Waals surface area (Å²) in [6.45, 7) is 20.3. The van der Waals surface area contributed by atoms with Crippen LogP contribution >= 0.6 is 0 Å². The predicted octanol–water partition coefficient (Wildman–Crippen LogP) is 5.28. The van der Waals surface area contributed by atoms with Crippen molar-refractivity contribution in [2.75, 3.05) is 40.4 Å². The van der Waals surface area contributed by atoms with Gasteiger partial charge in [-0.1, -0.05) is 32.9 Å². The molecule has 0 aliphatic heterocycles. The van der Waals surface area contributed by atoms with Crippen LogP contribution in [-0.2, 0) is 46.7 Å². The van der Waals surface area contributed by atoms with E-state index in [1.165, 1.54) is 13.2 Å². The van der Waals surface area contributed by atoms with E-state index in [0.717, 1.165) is 0 Å². The van der Waals surface area contributed by atoms with Crippen molar-refractivity contribution in [1.29, 1.82) is 0 Å². The minimum Gasteiger partial charge on any atom is -0.469 e. The third-order valence-corrected chi connectivity index (χ3v) is 12.0. The Morgan fingerprint density at radius 2 is 1.25 bits per heavy atom. The Labute approximate surface area is 313 Å². The van der Waals surface area contributed by atoms with Gasteiger partial charge >= 0.3 is 33.8 Å². The van der Waals surface area contributed by atoms with Crippen LogP contribution < -0.4 is 10.8 Å². The standard InChI is InChI=1S/C20H40O7Si.C17H26BNO5/c1-11-20(7,15-19(5,6)16(21)27-18(2,3)4)17(22)26-13-12-14-28(23-8,24-9)25-10;1-6-17(4,11-16(2,3)15(21)24-5)14(20)19-13-9-7-8-12(10-13)18(22)23/h11-15H2,1-10H3;7-10,22-23H,6,11H2,1-5H3,(H,19,20). The van der Waals surface area contributed by atoms with E-state index < -0.39 is 43.2 Å². The van der Waals surface area contributed by atoms with Crippen LogP contribution in [0.15, 0.2) is 24.3 Å². The number of anilines is 1. The summed E-state index contributed by atoms with van der Waals surface area (Å²) in [6, 6.07) is 6.91. The van der Waals surface area contributed by atoms with E-state index in [4.69, 9.17) is 27.5 Å². The fraction of sp³-hybridized carbons (Fsp3) is 0.730. The molecule has 0 aliphatic rings. The Balaban J connectivity index is 0.00000101. The van der Waals surface area contributed by atoms with Crippen molar-refractivity contribution >= 4 is 50.9 Å². The molecule has 1 amide bonds. The van der Waals surface area contributed by atoms with Crippen LogP contribution in [0.3, 0.4) is 0 Å². The molecule has 15 heteroatoms. The first-order chi connectivity index (χ1) is 23.8. The molecule has 1 rings (SSSR count). The topological polar surface area (TPSA) is 176 Å². The van der Waals surface area contributed by atoms with Crippen LogP contribution in [0.25, 0.3) is 0 Å². The molecule has 298 valence electrons. The number of carbonyl (C=O) groups is 4. The molecular formula is C37H66BNO12Si. The monoisotopic (exact) mass is 755 g/mol. The maximum atomic E-state index is 12.8. The fourth-order valence-corrected chi connectivity index (χ4v) is 7.43. The van der Waals surface area contributed by atoms with Crippen LogP contribution in [0.1, 0.15) is 108 Å². The van der Waals surface area contributed by atoms with Crippen LogP contribution in [0, 0.1) is 21.7 Å². The smallest absolute Gasteiger partial charge is 0.469 e. The quantitative estimate of drug-likeness (QED) is 0.0722. The molecule has 0 saturated heterocycles. The summed E-state index contributed by atoms with van der Waals surface area (Å²) >= 11 is 0. The number of hydrogen-bond acceptors (Lipinski definition) is 12. The maximum Gasteiger partial charge on any atom is 0.500 e. The molecule has 0 spiro atoms. The lowest BCUT2D eigenvalue weighted by Gasteiger charge is -2.35. The van der Waals surface area contributed by atoms with Crippen LogP contribution in [-0.4, -0.2) is 90.4 Å². The average molecular weight is 756 g/mol. The summed E-state index contributed by atoms with van der Waals surface area (Å²) in [5.41, 5.74) is -2.95. The third-order valence-electron chi connectivity index (χ3n) is 9.19. The van der Waals surface area contributed by atoms with E-state index in [2.05, 4.69) is 5.32 Å². The van der Waals surface area contributed by atoms with Crippen LogP contribution in [0.2, 0.25) is 6.04 Å². The van der Waals surface area contributed by atoms with Gasteiger partial charge in [0.15, 0.2) is 0 Å². The summed E-state index contributed by atoms with van der Waals surface area (Å²) in [5, 5.41) is 21.2. The number of esters is 3. The van der Waals surface area contributed by atoms with Gasteiger partial charge in [-0.15, -0.1) is 0 Å². The number of ether oxygens (including phenoxy) is 3. The molecule has 2 unspecified atom stereocenters. The van der Waals surface area contributed by atoms with Gasteiger partial charge in [0, 0.05) is 38.5 Å². The molecule has 0 bridgehead atoms. The first-order valence-corrected chi connectivity index (χ1v) is 19.6. The van der Waals surface area contributed by atoms with Crippen molar-refractivity contribution in [2.24, 2.45) is 21.7 Å².